The Bertz CT molecular complexity index is 342. The van der Waals surface area contributed by atoms with E-state index in [2.05, 4.69) is 26.0 Å². The lowest BCUT2D eigenvalue weighted by Crippen LogP contribution is -2.07. The van der Waals surface area contributed by atoms with Gasteiger partial charge in [-0.25, -0.2) is 0 Å². The van der Waals surface area contributed by atoms with Gasteiger partial charge in [0.15, 0.2) is 0 Å². The summed E-state index contributed by atoms with van der Waals surface area (Å²) in [7, 11) is 0. The molecule has 1 aliphatic rings. The van der Waals surface area contributed by atoms with Crippen molar-refractivity contribution in [1.82, 2.24) is 0 Å². The van der Waals surface area contributed by atoms with Crippen LogP contribution in [0.2, 0.25) is 0 Å². The Morgan fingerprint density at radius 1 is 1.47 bits per heavy atom. The third kappa shape index (κ3) is 3.74. The first-order valence-corrected chi connectivity index (χ1v) is 5.21. The molecule has 2 nitrogen and oxygen atoms in total. The van der Waals surface area contributed by atoms with Gasteiger partial charge in [0.05, 0.1) is 0 Å². The summed E-state index contributed by atoms with van der Waals surface area (Å²) in [6.45, 7) is 7.54. The highest BCUT2D eigenvalue weighted by Gasteiger charge is 2.13. The molecular weight excluding hydrogens is 188 g/mol. The van der Waals surface area contributed by atoms with Crippen LogP contribution >= 0.6 is 0 Å². The van der Waals surface area contributed by atoms with Crippen LogP contribution in [0.5, 0.6) is 0 Å². The first-order chi connectivity index (χ1) is 6.99. The molecule has 0 bridgehead atoms. The molecule has 0 aromatic rings. The molecule has 1 rings (SSSR count). The predicted molar refractivity (Wildman–Crippen MR) is 61.1 cm³/mol. The quantitative estimate of drug-likeness (QED) is 0.511. The maximum Gasteiger partial charge on any atom is 0.308 e. The van der Waals surface area contributed by atoms with Crippen LogP contribution in [0.15, 0.2) is 35.1 Å². The number of ether oxygens (including phenoxy) is 1. The Kier molecular flexibility index (Phi) is 3.89. The zero-order valence-corrected chi connectivity index (χ0v) is 9.83. The van der Waals surface area contributed by atoms with Gasteiger partial charge in [-0.2, -0.15) is 0 Å². The Labute approximate surface area is 91.3 Å². The van der Waals surface area contributed by atoms with Crippen molar-refractivity contribution < 1.29 is 9.53 Å². The van der Waals surface area contributed by atoms with E-state index in [1.54, 1.807) is 0 Å². The molecule has 0 radical (unpaired) electrons. The van der Waals surface area contributed by atoms with Crippen LogP contribution in [-0.2, 0) is 9.53 Å². The van der Waals surface area contributed by atoms with Crippen molar-refractivity contribution in [2.75, 3.05) is 0 Å². The Morgan fingerprint density at radius 3 is 2.67 bits per heavy atom. The van der Waals surface area contributed by atoms with Gasteiger partial charge in [0, 0.05) is 12.8 Å². The molecule has 0 fully saturated rings. The second kappa shape index (κ2) is 4.96. The van der Waals surface area contributed by atoms with Crippen LogP contribution in [0.1, 0.15) is 34.1 Å². The molecule has 0 heterocycles. The molecule has 82 valence electrons. The topological polar surface area (TPSA) is 26.3 Å². The zero-order valence-electron chi connectivity index (χ0n) is 9.83. The predicted octanol–water partition coefficient (Wildman–Crippen LogP) is 3.37. The molecule has 0 aromatic carbocycles. The van der Waals surface area contributed by atoms with E-state index in [0.717, 1.165) is 12.0 Å². The van der Waals surface area contributed by atoms with Crippen LogP contribution < -0.4 is 0 Å². The third-order valence-electron chi connectivity index (χ3n) is 2.25. The molecular formula is C13H18O2. The molecule has 0 N–H and O–H groups in total. The minimum atomic E-state index is -0.258. The lowest BCUT2D eigenvalue weighted by molar-refractivity contribution is -0.136. The summed E-state index contributed by atoms with van der Waals surface area (Å²) in [6.07, 6.45) is 7.31. The van der Waals surface area contributed by atoms with Crippen LogP contribution in [-0.4, -0.2) is 5.97 Å². The monoisotopic (exact) mass is 206 g/mol. The highest BCUT2D eigenvalue weighted by Crippen LogP contribution is 2.25. The third-order valence-corrected chi connectivity index (χ3v) is 2.25. The minimum absolute atomic E-state index is 0.258. The Balaban J connectivity index is 2.81. The smallest absolute Gasteiger partial charge is 0.308 e. The van der Waals surface area contributed by atoms with E-state index in [1.807, 2.05) is 13.0 Å². The molecule has 1 unspecified atom stereocenters. The summed E-state index contributed by atoms with van der Waals surface area (Å²) in [5.74, 6) is 0.802. The molecule has 0 saturated heterocycles. The summed E-state index contributed by atoms with van der Waals surface area (Å²) < 4.78 is 5.14. The van der Waals surface area contributed by atoms with Gasteiger partial charge in [0.1, 0.15) is 5.76 Å². The van der Waals surface area contributed by atoms with Crippen molar-refractivity contribution in [3.8, 4) is 0 Å². The number of carbonyl (C=O) groups is 1. The van der Waals surface area contributed by atoms with Crippen molar-refractivity contribution in [2.45, 2.75) is 34.1 Å². The molecule has 15 heavy (non-hydrogen) atoms. The van der Waals surface area contributed by atoms with Crippen molar-refractivity contribution in [1.29, 1.82) is 0 Å². The lowest BCUT2D eigenvalue weighted by Gasteiger charge is -2.17. The summed E-state index contributed by atoms with van der Waals surface area (Å²) in [4.78, 5) is 10.9. The fourth-order valence-corrected chi connectivity index (χ4v) is 1.62. The van der Waals surface area contributed by atoms with Crippen molar-refractivity contribution in [3.63, 3.8) is 0 Å². The van der Waals surface area contributed by atoms with E-state index in [4.69, 9.17) is 4.74 Å². The van der Waals surface area contributed by atoms with Gasteiger partial charge in [-0.05, 0) is 38.8 Å². The Morgan fingerprint density at radius 2 is 2.13 bits per heavy atom. The largest absolute Gasteiger partial charge is 0.427 e. The summed E-state index contributed by atoms with van der Waals surface area (Å²) in [6, 6.07) is 0. The maximum atomic E-state index is 10.9. The van der Waals surface area contributed by atoms with Crippen LogP contribution in [0, 0.1) is 5.92 Å². The molecule has 1 atom stereocenters. The van der Waals surface area contributed by atoms with Gasteiger partial charge in [0.25, 0.3) is 0 Å². The molecule has 0 spiro atoms. The summed E-state index contributed by atoms with van der Waals surface area (Å²) >= 11 is 0. The maximum absolute atomic E-state index is 10.9. The fourth-order valence-electron chi connectivity index (χ4n) is 1.62. The molecule has 2 heteroatoms. The van der Waals surface area contributed by atoms with Crippen molar-refractivity contribution in [2.24, 2.45) is 5.92 Å². The van der Waals surface area contributed by atoms with E-state index < -0.39 is 0 Å². The fraction of sp³-hybridized carbons (Fsp3) is 0.462. The number of esters is 1. The second-order valence-corrected chi connectivity index (χ2v) is 4.16. The molecule has 0 aliphatic heterocycles. The van der Waals surface area contributed by atoms with Crippen molar-refractivity contribution in [3.05, 3.63) is 35.1 Å². The van der Waals surface area contributed by atoms with Gasteiger partial charge < -0.3 is 4.74 Å². The molecule has 0 aromatic heterocycles. The molecule has 0 saturated carbocycles. The van der Waals surface area contributed by atoms with Crippen LogP contribution in [0.4, 0.5) is 0 Å². The van der Waals surface area contributed by atoms with Gasteiger partial charge in [-0.3, -0.25) is 4.79 Å². The van der Waals surface area contributed by atoms with E-state index in [-0.39, 0.29) is 5.97 Å². The van der Waals surface area contributed by atoms with Crippen molar-refractivity contribution >= 4 is 5.97 Å². The lowest BCUT2D eigenvalue weighted by atomic mass is 9.94. The SMILES string of the molecule is CC(=O)OC1=CC(C=C(C)C)CC=C1C. The summed E-state index contributed by atoms with van der Waals surface area (Å²) in [5.41, 5.74) is 2.33. The Hall–Kier alpha value is -1.31. The van der Waals surface area contributed by atoms with Crippen LogP contribution in [0.3, 0.4) is 0 Å². The zero-order chi connectivity index (χ0) is 11.4. The van der Waals surface area contributed by atoms with E-state index in [0.29, 0.717) is 11.7 Å². The highest BCUT2D eigenvalue weighted by molar-refractivity contribution is 5.68. The number of allylic oxidation sites excluding steroid dienone is 5. The normalized spacial score (nSPS) is 20.1. The number of carbonyl (C=O) groups excluding carboxylic acids is 1. The second-order valence-electron chi connectivity index (χ2n) is 4.16. The molecule has 1 aliphatic carbocycles. The standard InChI is InChI=1S/C13H18O2/c1-9(2)7-12-6-5-10(3)13(8-12)15-11(4)14/h5,7-8,12H,6H2,1-4H3. The van der Waals surface area contributed by atoms with Gasteiger partial charge in [-0.15, -0.1) is 0 Å². The minimum Gasteiger partial charge on any atom is -0.427 e. The number of hydrogen-bond donors (Lipinski definition) is 0. The van der Waals surface area contributed by atoms with E-state index in [9.17, 15) is 4.79 Å². The number of rotatable bonds is 2. The van der Waals surface area contributed by atoms with Gasteiger partial charge in [-0.1, -0.05) is 17.7 Å². The first kappa shape index (κ1) is 11.8. The first-order valence-electron chi connectivity index (χ1n) is 5.21. The highest BCUT2D eigenvalue weighted by atomic mass is 16.5. The van der Waals surface area contributed by atoms with E-state index >= 15 is 0 Å². The average molecular weight is 206 g/mol. The average Bonchev–Trinajstić information content (AvgIpc) is 2.09. The van der Waals surface area contributed by atoms with Gasteiger partial charge in [0.2, 0.25) is 0 Å². The summed E-state index contributed by atoms with van der Waals surface area (Å²) in [5, 5.41) is 0. The molecule has 0 amide bonds. The van der Waals surface area contributed by atoms with E-state index in [1.165, 1.54) is 12.5 Å². The number of hydrogen-bond acceptors (Lipinski definition) is 2. The van der Waals surface area contributed by atoms with Crippen LogP contribution in [0.25, 0.3) is 0 Å². The van der Waals surface area contributed by atoms with Gasteiger partial charge >= 0.3 is 5.97 Å².